The Morgan fingerprint density at radius 2 is 2.24 bits per heavy atom. The van der Waals surface area contributed by atoms with Crippen molar-refractivity contribution in [3.05, 3.63) is 79.7 Å². The molecular formula is C16H13ClN4O3S. The monoisotopic (exact) mass is 376 g/mol. The van der Waals surface area contributed by atoms with E-state index < -0.39 is 10.8 Å². The number of nitrogens with zero attached hydrogens (tertiary/aromatic N) is 3. The molecule has 128 valence electrons. The zero-order chi connectivity index (χ0) is 17.8. The van der Waals surface area contributed by atoms with Crippen LogP contribution in [0.5, 0.6) is 0 Å². The van der Waals surface area contributed by atoms with Crippen LogP contribution in [0.4, 0.5) is 5.69 Å². The van der Waals surface area contributed by atoms with Crippen molar-refractivity contribution in [2.24, 2.45) is 0 Å². The number of benzene rings is 1. The number of nitro benzene ring substituents is 1. The van der Waals surface area contributed by atoms with Crippen molar-refractivity contribution in [3.63, 3.8) is 0 Å². The van der Waals surface area contributed by atoms with Gasteiger partial charge in [-0.15, -0.1) is 11.3 Å². The number of nitro groups is 1. The Labute approximate surface area is 152 Å². The maximum atomic E-state index is 12.4. The number of amides is 1. The average molecular weight is 377 g/mol. The number of carbonyl (C=O) groups is 1. The maximum Gasteiger partial charge on any atom is 0.270 e. The van der Waals surface area contributed by atoms with Gasteiger partial charge < -0.3 is 5.32 Å². The smallest absolute Gasteiger partial charge is 0.270 e. The van der Waals surface area contributed by atoms with E-state index >= 15 is 0 Å². The molecule has 0 saturated heterocycles. The van der Waals surface area contributed by atoms with Crippen molar-refractivity contribution in [2.75, 3.05) is 6.54 Å². The Morgan fingerprint density at radius 1 is 1.40 bits per heavy atom. The Morgan fingerprint density at radius 3 is 2.84 bits per heavy atom. The quantitative estimate of drug-likeness (QED) is 0.526. The highest BCUT2D eigenvalue weighted by Crippen LogP contribution is 2.24. The Bertz CT molecular complexity index is 847. The number of nitrogens with one attached hydrogen (secondary N) is 1. The second-order valence-corrected chi connectivity index (χ2v) is 6.54. The molecule has 0 radical (unpaired) electrons. The molecule has 1 aromatic carbocycles. The van der Waals surface area contributed by atoms with Crippen LogP contribution in [0.3, 0.4) is 0 Å². The Balaban J connectivity index is 1.75. The van der Waals surface area contributed by atoms with Crippen LogP contribution in [0.2, 0.25) is 5.02 Å². The van der Waals surface area contributed by atoms with E-state index in [4.69, 9.17) is 11.6 Å². The van der Waals surface area contributed by atoms with Gasteiger partial charge in [-0.3, -0.25) is 19.6 Å². The summed E-state index contributed by atoms with van der Waals surface area (Å²) in [6.07, 6.45) is 3.50. The third-order valence-electron chi connectivity index (χ3n) is 3.58. The molecule has 0 aliphatic heterocycles. The first-order valence-electron chi connectivity index (χ1n) is 7.31. The number of hydrogen-bond acceptors (Lipinski definition) is 5. The van der Waals surface area contributed by atoms with E-state index in [1.807, 2.05) is 29.8 Å². The van der Waals surface area contributed by atoms with E-state index in [0.717, 1.165) is 4.88 Å². The molecule has 2 heterocycles. The zero-order valence-corrected chi connectivity index (χ0v) is 14.4. The Kier molecular flexibility index (Phi) is 5.11. The molecule has 7 nitrogen and oxygen atoms in total. The van der Waals surface area contributed by atoms with Gasteiger partial charge in [0, 0.05) is 35.9 Å². The molecule has 0 saturated carbocycles. The largest absolute Gasteiger partial charge is 0.349 e. The van der Waals surface area contributed by atoms with Crippen LogP contribution < -0.4 is 5.32 Å². The first-order chi connectivity index (χ1) is 12.1. The van der Waals surface area contributed by atoms with Crippen LogP contribution in [-0.4, -0.2) is 27.2 Å². The summed E-state index contributed by atoms with van der Waals surface area (Å²) in [6, 6.07) is 9.36. The van der Waals surface area contributed by atoms with Crippen molar-refractivity contribution in [3.8, 4) is 0 Å². The fourth-order valence-electron chi connectivity index (χ4n) is 2.36. The number of halogens is 1. The summed E-state index contributed by atoms with van der Waals surface area (Å²) >= 11 is 7.57. The molecule has 2 aromatic heterocycles. The van der Waals surface area contributed by atoms with Gasteiger partial charge in [0.05, 0.1) is 15.5 Å². The van der Waals surface area contributed by atoms with Gasteiger partial charge in [-0.25, -0.2) is 0 Å². The van der Waals surface area contributed by atoms with Crippen LogP contribution in [-0.2, 0) is 0 Å². The molecule has 3 rings (SSSR count). The van der Waals surface area contributed by atoms with Crippen molar-refractivity contribution < 1.29 is 9.72 Å². The van der Waals surface area contributed by atoms with Gasteiger partial charge in [-0.2, -0.15) is 5.10 Å². The van der Waals surface area contributed by atoms with Crippen LogP contribution in [0.1, 0.15) is 21.3 Å². The summed E-state index contributed by atoms with van der Waals surface area (Å²) in [5.41, 5.74) is 0.0345. The van der Waals surface area contributed by atoms with Crippen molar-refractivity contribution in [1.82, 2.24) is 15.1 Å². The molecule has 0 bridgehead atoms. The highest BCUT2D eigenvalue weighted by molar-refractivity contribution is 7.10. The predicted octanol–water partition coefficient (Wildman–Crippen LogP) is 3.53. The summed E-state index contributed by atoms with van der Waals surface area (Å²) in [7, 11) is 0. The van der Waals surface area contributed by atoms with Gasteiger partial charge in [0.25, 0.3) is 11.6 Å². The number of rotatable bonds is 6. The van der Waals surface area contributed by atoms with Crippen LogP contribution in [0.25, 0.3) is 0 Å². The highest BCUT2D eigenvalue weighted by atomic mass is 35.5. The third kappa shape index (κ3) is 3.86. The van der Waals surface area contributed by atoms with Gasteiger partial charge in [-0.05, 0) is 23.6 Å². The number of hydrogen-bond donors (Lipinski definition) is 1. The molecule has 1 amide bonds. The number of thiophene rings is 1. The van der Waals surface area contributed by atoms with E-state index in [9.17, 15) is 14.9 Å². The minimum Gasteiger partial charge on any atom is -0.349 e. The number of non-ortho nitro benzene ring substituents is 1. The zero-order valence-electron chi connectivity index (χ0n) is 12.8. The summed E-state index contributed by atoms with van der Waals surface area (Å²) in [6.45, 7) is 0.314. The molecule has 0 fully saturated rings. The summed E-state index contributed by atoms with van der Waals surface area (Å²) in [4.78, 5) is 23.6. The van der Waals surface area contributed by atoms with Gasteiger partial charge >= 0.3 is 0 Å². The first kappa shape index (κ1) is 17.1. The van der Waals surface area contributed by atoms with Crippen LogP contribution >= 0.6 is 22.9 Å². The number of aromatic nitrogens is 2. The van der Waals surface area contributed by atoms with Crippen molar-refractivity contribution >= 4 is 34.5 Å². The molecule has 3 aromatic rings. The molecule has 25 heavy (non-hydrogen) atoms. The average Bonchev–Trinajstić information content (AvgIpc) is 3.28. The third-order valence-corrected chi connectivity index (χ3v) is 4.87. The van der Waals surface area contributed by atoms with E-state index in [1.165, 1.54) is 18.2 Å². The predicted molar refractivity (Wildman–Crippen MR) is 95.1 cm³/mol. The molecule has 9 heteroatoms. The lowest BCUT2D eigenvalue weighted by Crippen LogP contribution is -2.31. The van der Waals surface area contributed by atoms with E-state index in [-0.39, 0.29) is 22.3 Å². The highest BCUT2D eigenvalue weighted by Gasteiger charge is 2.19. The van der Waals surface area contributed by atoms with Crippen molar-refractivity contribution in [2.45, 2.75) is 6.04 Å². The van der Waals surface area contributed by atoms with Gasteiger partial charge in [-0.1, -0.05) is 17.7 Å². The SMILES string of the molecule is O=C(NCC(c1cccs1)n1cccn1)c1ccc([N+](=O)[O-])cc1Cl. The molecule has 1 unspecified atom stereocenters. The number of carbonyl (C=O) groups excluding carboxylic acids is 1. The van der Waals surface area contributed by atoms with Gasteiger partial charge in [0.1, 0.15) is 6.04 Å². The van der Waals surface area contributed by atoms with Gasteiger partial charge in [0.15, 0.2) is 0 Å². The molecule has 0 aliphatic rings. The minimum atomic E-state index is -0.557. The summed E-state index contributed by atoms with van der Waals surface area (Å²) in [5, 5.41) is 19.8. The van der Waals surface area contributed by atoms with Gasteiger partial charge in [0.2, 0.25) is 0 Å². The second-order valence-electron chi connectivity index (χ2n) is 5.15. The van der Waals surface area contributed by atoms with E-state index in [0.29, 0.717) is 6.54 Å². The Hall–Kier alpha value is -2.71. The molecule has 1 N–H and O–H groups in total. The molecule has 0 spiro atoms. The van der Waals surface area contributed by atoms with Crippen LogP contribution in [0, 0.1) is 10.1 Å². The lowest BCUT2D eigenvalue weighted by atomic mass is 10.1. The first-order valence-corrected chi connectivity index (χ1v) is 8.56. The standard InChI is InChI=1S/C16H13ClN4O3S/c17-13-9-11(21(23)24)4-5-12(13)16(22)18-10-14(15-3-1-8-25-15)20-7-2-6-19-20/h1-9,14H,10H2,(H,18,22). The lowest BCUT2D eigenvalue weighted by Gasteiger charge is -2.17. The maximum absolute atomic E-state index is 12.4. The lowest BCUT2D eigenvalue weighted by molar-refractivity contribution is -0.384. The fraction of sp³-hybridized carbons (Fsp3) is 0.125. The molecular weight excluding hydrogens is 364 g/mol. The van der Waals surface area contributed by atoms with E-state index in [1.54, 1.807) is 22.2 Å². The summed E-state index contributed by atoms with van der Waals surface area (Å²) in [5.74, 6) is -0.395. The van der Waals surface area contributed by atoms with Crippen molar-refractivity contribution in [1.29, 1.82) is 0 Å². The molecule has 1 atom stereocenters. The second kappa shape index (κ2) is 7.45. The van der Waals surface area contributed by atoms with E-state index in [2.05, 4.69) is 10.4 Å². The molecule has 0 aliphatic carbocycles. The fourth-order valence-corrected chi connectivity index (χ4v) is 3.44. The topological polar surface area (TPSA) is 90.1 Å². The normalized spacial score (nSPS) is 11.9. The minimum absolute atomic E-state index is 0.0402. The summed E-state index contributed by atoms with van der Waals surface area (Å²) < 4.78 is 1.77. The van der Waals surface area contributed by atoms with Crippen LogP contribution in [0.15, 0.2) is 54.2 Å².